The zero-order valence-electron chi connectivity index (χ0n) is 15.2. The fraction of sp³-hybridized carbons (Fsp3) is 0.286. The van der Waals surface area contributed by atoms with Crippen molar-refractivity contribution in [2.75, 3.05) is 31.1 Å². The smallest absolute Gasteiger partial charge is 0.227 e. The Balaban J connectivity index is 1.43. The highest BCUT2D eigenvalue weighted by Crippen LogP contribution is 2.21. The minimum absolute atomic E-state index is 0.137. The highest BCUT2D eigenvalue weighted by atomic mass is 35.5. The molecule has 1 aliphatic rings. The molecule has 0 saturated carbocycles. The van der Waals surface area contributed by atoms with Crippen LogP contribution in [-0.2, 0) is 11.2 Å². The van der Waals surface area contributed by atoms with E-state index in [0.717, 1.165) is 41.2 Å². The first-order valence-electron chi connectivity index (χ1n) is 9.11. The second-order valence-corrected chi connectivity index (χ2v) is 7.23. The summed E-state index contributed by atoms with van der Waals surface area (Å²) in [5.41, 5.74) is 3.69. The number of para-hydroxylation sites is 2. The molecule has 0 spiro atoms. The predicted molar refractivity (Wildman–Crippen MR) is 108 cm³/mol. The average Bonchev–Trinajstić information content (AvgIpc) is 2.67. The highest BCUT2D eigenvalue weighted by Gasteiger charge is 2.23. The number of hydrogen-bond acceptors (Lipinski definition) is 4. The zero-order valence-corrected chi connectivity index (χ0v) is 16.0. The summed E-state index contributed by atoms with van der Waals surface area (Å²) in [6, 6.07) is 15.4. The van der Waals surface area contributed by atoms with Gasteiger partial charge in [-0.2, -0.15) is 0 Å². The Hall–Kier alpha value is -2.66. The summed E-state index contributed by atoms with van der Waals surface area (Å²) in [5.74, 6) is 1.05. The van der Waals surface area contributed by atoms with E-state index in [1.54, 1.807) is 0 Å². The molecule has 0 radical (unpaired) electrons. The van der Waals surface area contributed by atoms with E-state index in [1.807, 2.05) is 60.4 Å². The number of carbonyl (C=O) groups is 1. The molecular weight excluding hydrogens is 360 g/mol. The first kappa shape index (κ1) is 17.7. The van der Waals surface area contributed by atoms with E-state index in [-0.39, 0.29) is 5.91 Å². The quantitative estimate of drug-likeness (QED) is 0.698. The van der Waals surface area contributed by atoms with Crippen LogP contribution >= 0.6 is 11.6 Å². The van der Waals surface area contributed by atoms with Crippen LogP contribution in [-0.4, -0.2) is 47.0 Å². The van der Waals surface area contributed by atoms with Gasteiger partial charge in [0.1, 0.15) is 0 Å². The van der Waals surface area contributed by atoms with Crippen molar-refractivity contribution in [1.82, 2.24) is 14.9 Å². The lowest BCUT2D eigenvalue weighted by Gasteiger charge is -2.36. The summed E-state index contributed by atoms with van der Waals surface area (Å²) in [5, 5.41) is 0.662. The number of piperazine rings is 1. The van der Waals surface area contributed by atoms with Gasteiger partial charge >= 0.3 is 0 Å². The van der Waals surface area contributed by atoms with Crippen LogP contribution in [0.4, 0.5) is 5.82 Å². The number of nitrogens with zero attached hydrogens (tertiary/aromatic N) is 4. The van der Waals surface area contributed by atoms with E-state index in [2.05, 4.69) is 9.88 Å². The van der Waals surface area contributed by atoms with Gasteiger partial charge in [0.15, 0.2) is 5.82 Å². The minimum Gasteiger partial charge on any atom is -0.352 e. The Morgan fingerprint density at radius 2 is 1.70 bits per heavy atom. The van der Waals surface area contributed by atoms with E-state index in [0.29, 0.717) is 24.5 Å². The van der Waals surface area contributed by atoms with Gasteiger partial charge in [-0.1, -0.05) is 35.9 Å². The van der Waals surface area contributed by atoms with Gasteiger partial charge in [-0.15, -0.1) is 0 Å². The van der Waals surface area contributed by atoms with Gasteiger partial charge in [-0.3, -0.25) is 4.79 Å². The third-order valence-corrected chi connectivity index (χ3v) is 5.13. The summed E-state index contributed by atoms with van der Waals surface area (Å²) in [6.45, 7) is 4.89. The van der Waals surface area contributed by atoms with E-state index >= 15 is 0 Å². The molecule has 4 rings (SSSR count). The topological polar surface area (TPSA) is 49.3 Å². The number of benzene rings is 2. The number of carbonyl (C=O) groups excluding carboxylic acids is 1. The van der Waals surface area contributed by atoms with Gasteiger partial charge in [0.25, 0.3) is 0 Å². The van der Waals surface area contributed by atoms with Crippen molar-refractivity contribution in [3.63, 3.8) is 0 Å². The van der Waals surface area contributed by atoms with Crippen LogP contribution in [0.25, 0.3) is 11.0 Å². The lowest BCUT2D eigenvalue weighted by Crippen LogP contribution is -2.49. The minimum atomic E-state index is 0.137. The van der Waals surface area contributed by atoms with E-state index in [1.165, 1.54) is 0 Å². The van der Waals surface area contributed by atoms with Crippen LogP contribution in [0, 0.1) is 6.92 Å². The van der Waals surface area contributed by atoms with Gasteiger partial charge < -0.3 is 9.80 Å². The lowest BCUT2D eigenvalue weighted by atomic mass is 10.1. The molecule has 2 heterocycles. The van der Waals surface area contributed by atoms with Crippen molar-refractivity contribution in [2.24, 2.45) is 0 Å². The summed E-state index contributed by atoms with van der Waals surface area (Å²) in [7, 11) is 0. The van der Waals surface area contributed by atoms with Crippen molar-refractivity contribution < 1.29 is 4.79 Å². The van der Waals surface area contributed by atoms with Gasteiger partial charge in [0, 0.05) is 31.2 Å². The second kappa shape index (κ2) is 7.53. The molecule has 1 fully saturated rings. The van der Waals surface area contributed by atoms with Crippen molar-refractivity contribution in [3.05, 3.63) is 64.8 Å². The largest absolute Gasteiger partial charge is 0.352 e. The van der Waals surface area contributed by atoms with Crippen molar-refractivity contribution in [1.29, 1.82) is 0 Å². The molecule has 1 aliphatic heterocycles. The van der Waals surface area contributed by atoms with E-state index in [4.69, 9.17) is 16.6 Å². The highest BCUT2D eigenvalue weighted by molar-refractivity contribution is 6.30. The number of aryl methyl sites for hydroxylation is 1. The van der Waals surface area contributed by atoms with Crippen LogP contribution in [0.15, 0.2) is 48.5 Å². The van der Waals surface area contributed by atoms with Gasteiger partial charge in [0.2, 0.25) is 5.91 Å². The molecule has 6 heteroatoms. The molecule has 138 valence electrons. The van der Waals surface area contributed by atoms with Gasteiger partial charge in [-0.05, 0) is 36.8 Å². The molecule has 5 nitrogen and oxygen atoms in total. The summed E-state index contributed by atoms with van der Waals surface area (Å²) < 4.78 is 0. The van der Waals surface area contributed by atoms with Crippen LogP contribution in [0.5, 0.6) is 0 Å². The Kier molecular flexibility index (Phi) is 4.94. The fourth-order valence-corrected chi connectivity index (χ4v) is 3.69. The molecule has 0 unspecified atom stereocenters. The Morgan fingerprint density at radius 3 is 2.41 bits per heavy atom. The number of rotatable bonds is 3. The third kappa shape index (κ3) is 3.88. The molecule has 0 N–H and O–H groups in total. The van der Waals surface area contributed by atoms with E-state index < -0.39 is 0 Å². The summed E-state index contributed by atoms with van der Waals surface area (Å²) in [4.78, 5) is 26.2. The standard InChI is InChI=1S/C21H21ClN4O/c1-15-21(24-19-8-3-2-7-18(19)23-15)26-11-9-25(10-12-26)20(27)14-16-5-4-6-17(22)13-16/h2-8,13H,9-12,14H2,1H3. The van der Waals surface area contributed by atoms with Crippen LogP contribution in [0.3, 0.4) is 0 Å². The van der Waals surface area contributed by atoms with Crippen LogP contribution in [0.2, 0.25) is 5.02 Å². The van der Waals surface area contributed by atoms with E-state index in [9.17, 15) is 4.79 Å². The molecule has 3 aromatic rings. The van der Waals surface area contributed by atoms with Crippen molar-refractivity contribution in [3.8, 4) is 0 Å². The Bertz CT molecular complexity index is 983. The van der Waals surface area contributed by atoms with Crippen molar-refractivity contribution >= 4 is 34.4 Å². The number of aromatic nitrogens is 2. The van der Waals surface area contributed by atoms with Crippen molar-refractivity contribution in [2.45, 2.75) is 13.3 Å². The molecule has 27 heavy (non-hydrogen) atoms. The maximum absolute atomic E-state index is 12.6. The molecule has 0 bridgehead atoms. The molecular formula is C21H21ClN4O. The number of anilines is 1. The first-order chi connectivity index (χ1) is 13.1. The number of hydrogen-bond donors (Lipinski definition) is 0. The molecule has 0 aliphatic carbocycles. The number of amides is 1. The lowest BCUT2D eigenvalue weighted by molar-refractivity contribution is -0.130. The summed E-state index contributed by atoms with van der Waals surface area (Å²) >= 11 is 6.01. The normalized spacial score (nSPS) is 14.6. The maximum atomic E-state index is 12.6. The first-order valence-corrected chi connectivity index (χ1v) is 9.48. The SMILES string of the molecule is Cc1nc2ccccc2nc1N1CCN(C(=O)Cc2cccc(Cl)c2)CC1. The average molecular weight is 381 g/mol. The zero-order chi connectivity index (χ0) is 18.8. The number of halogens is 1. The fourth-order valence-electron chi connectivity index (χ4n) is 3.48. The molecule has 1 saturated heterocycles. The monoisotopic (exact) mass is 380 g/mol. The second-order valence-electron chi connectivity index (χ2n) is 6.80. The summed E-state index contributed by atoms with van der Waals surface area (Å²) in [6.07, 6.45) is 0.384. The van der Waals surface area contributed by atoms with Gasteiger partial charge in [0.05, 0.1) is 23.1 Å². The van der Waals surface area contributed by atoms with Crippen LogP contribution in [0.1, 0.15) is 11.3 Å². The molecule has 1 aromatic heterocycles. The molecule has 2 aromatic carbocycles. The number of fused-ring (bicyclic) bond motifs is 1. The predicted octanol–water partition coefficient (Wildman–Crippen LogP) is 3.48. The third-order valence-electron chi connectivity index (χ3n) is 4.90. The molecule has 0 atom stereocenters. The van der Waals surface area contributed by atoms with Crippen LogP contribution < -0.4 is 4.90 Å². The molecule has 1 amide bonds. The Morgan fingerprint density at radius 1 is 1.00 bits per heavy atom. The van der Waals surface area contributed by atoms with Gasteiger partial charge in [-0.25, -0.2) is 9.97 Å². The maximum Gasteiger partial charge on any atom is 0.227 e. The Labute approximate surface area is 163 Å².